The third kappa shape index (κ3) is 4.46. The van der Waals surface area contributed by atoms with E-state index < -0.39 is 0 Å². The van der Waals surface area contributed by atoms with E-state index in [1.54, 1.807) is 0 Å². The molecule has 1 aromatic rings. The van der Waals surface area contributed by atoms with E-state index in [-0.39, 0.29) is 6.03 Å². The second-order valence-electron chi connectivity index (χ2n) is 6.12. The highest BCUT2D eigenvalue weighted by atomic mass is 16.2. The number of anilines is 1. The van der Waals surface area contributed by atoms with Gasteiger partial charge in [-0.05, 0) is 24.0 Å². The van der Waals surface area contributed by atoms with Crippen molar-refractivity contribution in [1.82, 2.24) is 9.80 Å². The Balaban J connectivity index is 1.87. The molecule has 0 aliphatic carbocycles. The summed E-state index contributed by atoms with van der Waals surface area (Å²) in [6.45, 7) is 11.3. The first-order chi connectivity index (χ1) is 10.1. The van der Waals surface area contributed by atoms with Gasteiger partial charge in [-0.25, -0.2) is 4.79 Å². The molecule has 0 atom stereocenters. The number of nitrogens with zero attached hydrogens (tertiary/aromatic N) is 2. The van der Waals surface area contributed by atoms with Gasteiger partial charge in [-0.15, -0.1) is 0 Å². The standard InChI is InChI=1S/C17H27N3O/c1-4-15-7-5-6-8-16(15)18-17(21)20-11-9-19(10-12-20)13-14(2)3/h5-8,14H,4,9-13H2,1-3H3,(H,18,21). The highest BCUT2D eigenvalue weighted by molar-refractivity contribution is 5.90. The third-order valence-corrected chi connectivity index (χ3v) is 3.92. The Morgan fingerprint density at radius 2 is 1.86 bits per heavy atom. The van der Waals surface area contributed by atoms with Gasteiger partial charge in [0.2, 0.25) is 0 Å². The van der Waals surface area contributed by atoms with Crippen molar-refractivity contribution in [3.8, 4) is 0 Å². The zero-order chi connectivity index (χ0) is 15.2. The molecule has 21 heavy (non-hydrogen) atoms. The van der Waals surface area contributed by atoms with Gasteiger partial charge in [0, 0.05) is 38.4 Å². The van der Waals surface area contributed by atoms with Crippen LogP contribution in [0.4, 0.5) is 10.5 Å². The molecule has 1 heterocycles. The predicted molar refractivity (Wildman–Crippen MR) is 87.7 cm³/mol. The first-order valence-corrected chi connectivity index (χ1v) is 7.96. The van der Waals surface area contributed by atoms with Crippen LogP contribution in [0.15, 0.2) is 24.3 Å². The summed E-state index contributed by atoms with van der Waals surface area (Å²) < 4.78 is 0. The molecule has 0 aromatic heterocycles. The zero-order valence-corrected chi connectivity index (χ0v) is 13.4. The monoisotopic (exact) mass is 289 g/mol. The Bertz CT molecular complexity index is 465. The summed E-state index contributed by atoms with van der Waals surface area (Å²) in [6.07, 6.45) is 0.929. The molecular weight excluding hydrogens is 262 g/mol. The lowest BCUT2D eigenvalue weighted by Gasteiger charge is -2.35. The predicted octanol–water partition coefficient (Wildman–Crippen LogP) is 3.05. The van der Waals surface area contributed by atoms with Crippen LogP contribution in [0, 0.1) is 5.92 Å². The van der Waals surface area contributed by atoms with Crippen LogP contribution in [-0.4, -0.2) is 48.6 Å². The topological polar surface area (TPSA) is 35.6 Å². The summed E-state index contributed by atoms with van der Waals surface area (Å²) in [5.74, 6) is 0.682. The van der Waals surface area contributed by atoms with E-state index in [0.717, 1.165) is 44.8 Å². The molecule has 0 unspecified atom stereocenters. The molecule has 1 aliphatic heterocycles. The van der Waals surface area contributed by atoms with Gasteiger partial charge in [0.15, 0.2) is 0 Å². The molecule has 0 radical (unpaired) electrons. The first-order valence-electron chi connectivity index (χ1n) is 7.96. The number of urea groups is 1. The minimum absolute atomic E-state index is 0.0279. The highest BCUT2D eigenvalue weighted by Crippen LogP contribution is 2.16. The van der Waals surface area contributed by atoms with Crippen LogP contribution >= 0.6 is 0 Å². The van der Waals surface area contributed by atoms with Crippen LogP contribution in [0.25, 0.3) is 0 Å². The van der Waals surface area contributed by atoms with Crippen LogP contribution in [0.1, 0.15) is 26.3 Å². The number of aryl methyl sites for hydroxylation is 1. The van der Waals surface area contributed by atoms with Crippen molar-refractivity contribution in [2.45, 2.75) is 27.2 Å². The number of hydrogen-bond donors (Lipinski definition) is 1. The average molecular weight is 289 g/mol. The maximum absolute atomic E-state index is 12.4. The van der Waals surface area contributed by atoms with E-state index >= 15 is 0 Å². The summed E-state index contributed by atoms with van der Waals surface area (Å²) in [5, 5.41) is 3.06. The minimum Gasteiger partial charge on any atom is -0.322 e. The van der Waals surface area contributed by atoms with E-state index in [2.05, 4.69) is 37.1 Å². The number of amides is 2. The lowest BCUT2D eigenvalue weighted by Crippen LogP contribution is -2.50. The van der Waals surface area contributed by atoms with Crippen molar-refractivity contribution in [3.63, 3.8) is 0 Å². The molecule has 2 rings (SSSR count). The van der Waals surface area contributed by atoms with E-state index in [9.17, 15) is 4.79 Å². The molecule has 1 N–H and O–H groups in total. The molecule has 2 amide bonds. The molecule has 1 aromatic carbocycles. The van der Waals surface area contributed by atoms with Crippen molar-refractivity contribution in [1.29, 1.82) is 0 Å². The van der Waals surface area contributed by atoms with Gasteiger partial charge >= 0.3 is 6.03 Å². The van der Waals surface area contributed by atoms with Crippen LogP contribution in [0.2, 0.25) is 0 Å². The zero-order valence-electron chi connectivity index (χ0n) is 13.4. The van der Waals surface area contributed by atoms with Crippen LogP contribution in [-0.2, 0) is 6.42 Å². The van der Waals surface area contributed by atoms with Crippen molar-refractivity contribution in [2.24, 2.45) is 5.92 Å². The van der Waals surface area contributed by atoms with Gasteiger partial charge in [0.1, 0.15) is 0 Å². The maximum atomic E-state index is 12.4. The number of nitrogens with one attached hydrogen (secondary N) is 1. The number of para-hydroxylation sites is 1. The molecule has 1 saturated heterocycles. The fourth-order valence-electron chi connectivity index (χ4n) is 2.79. The molecule has 1 aliphatic rings. The summed E-state index contributed by atoms with van der Waals surface area (Å²) in [4.78, 5) is 16.7. The Morgan fingerprint density at radius 3 is 2.48 bits per heavy atom. The van der Waals surface area contributed by atoms with E-state index in [1.165, 1.54) is 5.56 Å². The fourth-order valence-corrected chi connectivity index (χ4v) is 2.79. The number of carbonyl (C=O) groups excluding carboxylic acids is 1. The highest BCUT2D eigenvalue weighted by Gasteiger charge is 2.21. The molecule has 116 valence electrons. The normalized spacial score (nSPS) is 16.3. The van der Waals surface area contributed by atoms with Crippen molar-refractivity contribution < 1.29 is 4.79 Å². The van der Waals surface area contributed by atoms with Crippen LogP contribution in [0.3, 0.4) is 0 Å². The van der Waals surface area contributed by atoms with E-state index in [1.807, 2.05) is 23.1 Å². The molecule has 0 saturated carbocycles. The lowest BCUT2D eigenvalue weighted by molar-refractivity contribution is 0.138. The van der Waals surface area contributed by atoms with Gasteiger partial charge in [0.05, 0.1) is 0 Å². The van der Waals surface area contributed by atoms with Gasteiger partial charge in [0.25, 0.3) is 0 Å². The van der Waals surface area contributed by atoms with Gasteiger partial charge in [-0.2, -0.15) is 0 Å². The van der Waals surface area contributed by atoms with Crippen molar-refractivity contribution >= 4 is 11.7 Å². The maximum Gasteiger partial charge on any atom is 0.321 e. The average Bonchev–Trinajstić information content (AvgIpc) is 2.48. The van der Waals surface area contributed by atoms with Gasteiger partial charge in [-0.3, -0.25) is 4.90 Å². The van der Waals surface area contributed by atoms with Crippen molar-refractivity contribution in [2.75, 3.05) is 38.0 Å². The Hall–Kier alpha value is -1.55. The third-order valence-electron chi connectivity index (χ3n) is 3.92. The van der Waals surface area contributed by atoms with Crippen molar-refractivity contribution in [3.05, 3.63) is 29.8 Å². The molecule has 4 heteroatoms. The molecule has 0 bridgehead atoms. The SMILES string of the molecule is CCc1ccccc1NC(=O)N1CCN(CC(C)C)CC1. The van der Waals surface area contributed by atoms with E-state index in [0.29, 0.717) is 5.92 Å². The number of rotatable bonds is 4. The molecular formula is C17H27N3O. The Kier molecular flexibility index (Phi) is 5.62. The fraction of sp³-hybridized carbons (Fsp3) is 0.588. The Morgan fingerprint density at radius 1 is 1.19 bits per heavy atom. The van der Waals surface area contributed by atoms with E-state index in [4.69, 9.17) is 0 Å². The second-order valence-corrected chi connectivity index (χ2v) is 6.12. The summed E-state index contributed by atoms with van der Waals surface area (Å²) in [6, 6.07) is 8.05. The Labute approximate surface area is 128 Å². The van der Waals surface area contributed by atoms with Gasteiger partial charge in [-0.1, -0.05) is 39.0 Å². The summed E-state index contributed by atoms with van der Waals surface area (Å²) in [5.41, 5.74) is 2.12. The largest absolute Gasteiger partial charge is 0.322 e. The second kappa shape index (κ2) is 7.46. The quantitative estimate of drug-likeness (QED) is 0.924. The number of benzene rings is 1. The smallest absolute Gasteiger partial charge is 0.321 e. The minimum atomic E-state index is 0.0279. The number of carbonyl (C=O) groups is 1. The molecule has 0 spiro atoms. The lowest BCUT2D eigenvalue weighted by atomic mass is 10.1. The molecule has 4 nitrogen and oxygen atoms in total. The van der Waals surface area contributed by atoms with Crippen LogP contribution < -0.4 is 5.32 Å². The molecule has 1 fully saturated rings. The number of piperazine rings is 1. The van der Waals surface area contributed by atoms with Crippen LogP contribution in [0.5, 0.6) is 0 Å². The summed E-state index contributed by atoms with van der Waals surface area (Å²) >= 11 is 0. The summed E-state index contributed by atoms with van der Waals surface area (Å²) in [7, 11) is 0. The number of hydrogen-bond acceptors (Lipinski definition) is 2. The van der Waals surface area contributed by atoms with Gasteiger partial charge < -0.3 is 10.2 Å². The first kappa shape index (κ1) is 15.8.